The van der Waals surface area contributed by atoms with Gasteiger partial charge in [-0.1, -0.05) is 6.07 Å². The Morgan fingerprint density at radius 1 is 1.19 bits per heavy atom. The molecule has 2 aliphatic heterocycles. The van der Waals surface area contributed by atoms with Crippen LogP contribution < -0.4 is 20.1 Å². The van der Waals surface area contributed by atoms with Gasteiger partial charge in [-0.2, -0.15) is 0 Å². The van der Waals surface area contributed by atoms with Crippen molar-refractivity contribution in [1.82, 2.24) is 10.3 Å². The van der Waals surface area contributed by atoms with Crippen LogP contribution in [0.1, 0.15) is 28.9 Å². The molecular weight excluding hydrogens is 334 g/mol. The molecule has 2 aliphatic rings. The lowest BCUT2D eigenvalue weighted by Crippen LogP contribution is -2.32. The van der Waals surface area contributed by atoms with Crippen LogP contribution in [0, 0.1) is 0 Å². The Bertz CT molecular complexity index is 790. The molecule has 1 amide bonds. The van der Waals surface area contributed by atoms with Crippen molar-refractivity contribution in [3.05, 3.63) is 47.8 Å². The SMILES string of the molecule is O=C(NCC1CCCO1)c1cc(NCc2ccc3c(c2)OCO3)ccn1. The van der Waals surface area contributed by atoms with Gasteiger partial charge in [0.1, 0.15) is 5.69 Å². The molecule has 0 radical (unpaired) electrons. The van der Waals surface area contributed by atoms with Crippen LogP contribution in [0.2, 0.25) is 0 Å². The molecule has 1 aromatic heterocycles. The molecule has 0 saturated carbocycles. The summed E-state index contributed by atoms with van der Waals surface area (Å²) in [5.74, 6) is 1.34. The smallest absolute Gasteiger partial charge is 0.270 e. The van der Waals surface area contributed by atoms with Crippen LogP contribution in [-0.4, -0.2) is 36.9 Å². The third kappa shape index (κ3) is 3.88. The van der Waals surface area contributed by atoms with E-state index in [0.717, 1.165) is 42.2 Å². The molecule has 4 rings (SSSR count). The average Bonchev–Trinajstić information content (AvgIpc) is 3.35. The van der Waals surface area contributed by atoms with Crippen LogP contribution in [0.4, 0.5) is 5.69 Å². The monoisotopic (exact) mass is 355 g/mol. The molecule has 1 saturated heterocycles. The highest BCUT2D eigenvalue weighted by atomic mass is 16.7. The lowest BCUT2D eigenvalue weighted by molar-refractivity contribution is 0.0854. The maximum absolute atomic E-state index is 12.3. The first-order valence-electron chi connectivity index (χ1n) is 8.76. The predicted octanol–water partition coefficient (Wildman–Crippen LogP) is 2.33. The van der Waals surface area contributed by atoms with Crippen LogP contribution in [-0.2, 0) is 11.3 Å². The van der Waals surface area contributed by atoms with Gasteiger partial charge in [-0.05, 0) is 42.7 Å². The Labute approximate surface area is 151 Å². The Morgan fingerprint density at radius 2 is 2.12 bits per heavy atom. The number of carbonyl (C=O) groups excluding carboxylic acids is 1. The molecule has 1 aromatic carbocycles. The predicted molar refractivity (Wildman–Crippen MR) is 95.4 cm³/mol. The standard InChI is InChI=1S/C19H21N3O4/c23-19(22-11-15-2-1-7-24-15)16-9-14(5-6-20-16)21-10-13-3-4-17-18(8-13)26-12-25-17/h3-6,8-9,15H,1-2,7,10-12H2,(H,20,21)(H,22,23). The number of nitrogens with one attached hydrogen (secondary N) is 2. The Kier molecular flexibility index (Phi) is 4.88. The number of amides is 1. The number of anilines is 1. The Hall–Kier alpha value is -2.80. The van der Waals surface area contributed by atoms with Crippen molar-refractivity contribution in [3.8, 4) is 11.5 Å². The average molecular weight is 355 g/mol. The molecule has 1 atom stereocenters. The molecule has 1 unspecified atom stereocenters. The molecular formula is C19H21N3O4. The number of fused-ring (bicyclic) bond motifs is 1. The quantitative estimate of drug-likeness (QED) is 0.828. The lowest BCUT2D eigenvalue weighted by atomic mass is 10.2. The molecule has 0 spiro atoms. The van der Waals surface area contributed by atoms with E-state index in [1.807, 2.05) is 24.3 Å². The van der Waals surface area contributed by atoms with E-state index >= 15 is 0 Å². The molecule has 7 nitrogen and oxygen atoms in total. The number of ether oxygens (including phenoxy) is 3. The van der Waals surface area contributed by atoms with Crippen LogP contribution in [0.3, 0.4) is 0 Å². The molecule has 0 aliphatic carbocycles. The van der Waals surface area contributed by atoms with Crippen LogP contribution in [0.5, 0.6) is 11.5 Å². The van der Waals surface area contributed by atoms with Crippen molar-refractivity contribution in [2.45, 2.75) is 25.5 Å². The van der Waals surface area contributed by atoms with Gasteiger partial charge in [0.05, 0.1) is 6.10 Å². The summed E-state index contributed by atoms with van der Waals surface area (Å²) in [5, 5.41) is 6.19. The third-order valence-corrected chi connectivity index (χ3v) is 4.44. The fourth-order valence-electron chi connectivity index (χ4n) is 3.02. The van der Waals surface area contributed by atoms with Crippen molar-refractivity contribution in [2.75, 3.05) is 25.3 Å². The van der Waals surface area contributed by atoms with Gasteiger partial charge in [-0.15, -0.1) is 0 Å². The van der Waals surface area contributed by atoms with Crippen molar-refractivity contribution < 1.29 is 19.0 Å². The van der Waals surface area contributed by atoms with Crippen LogP contribution in [0.15, 0.2) is 36.5 Å². The highest BCUT2D eigenvalue weighted by Gasteiger charge is 2.17. The summed E-state index contributed by atoms with van der Waals surface area (Å²) in [7, 11) is 0. The minimum atomic E-state index is -0.188. The fourth-order valence-corrected chi connectivity index (χ4v) is 3.02. The van der Waals surface area contributed by atoms with Gasteiger partial charge in [0, 0.05) is 31.6 Å². The summed E-state index contributed by atoms with van der Waals surface area (Å²) in [6.07, 6.45) is 3.79. The molecule has 26 heavy (non-hydrogen) atoms. The van der Waals surface area contributed by atoms with Gasteiger partial charge in [0.15, 0.2) is 11.5 Å². The summed E-state index contributed by atoms with van der Waals surface area (Å²) in [6, 6.07) is 9.42. The topological polar surface area (TPSA) is 81.7 Å². The van der Waals surface area contributed by atoms with E-state index in [2.05, 4.69) is 15.6 Å². The Balaban J connectivity index is 1.34. The fraction of sp³-hybridized carbons (Fsp3) is 0.368. The number of carbonyl (C=O) groups is 1. The number of hydrogen-bond donors (Lipinski definition) is 2. The second-order valence-electron chi connectivity index (χ2n) is 6.32. The minimum absolute atomic E-state index is 0.117. The summed E-state index contributed by atoms with van der Waals surface area (Å²) in [6.45, 7) is 2.17. The summed E-state index contributed by atoms with van der Waals surface area (Å²) in [5.41, 5.74) is 2.29. The number of pyridine rings is 1. The largest absolute Gasteiger partial charge is 0.454 e. The van der Waals surface area contributed by atoms with Crippen molar-refractivity contribution in [1.29, 1.82) is 0 Å². The molecule has 0 bridgehead atoms. The van der Waals surface area contributed by atoms with E-state index in [1.54, 1.807) is 12.3 Å². The van der Waals surface area contributed by atoms with Crippen molar-refractivity contribution in [2.24, 2.45) is 0 Å². The first kappa shape index (κ1) is 16.7. The minimum Gasteiger partial charge on any atom is -0.454 e. The number of aromatic nitrogens is 1. The zero-order valence-corrected chi connectivity index (χ0v) is 14.4. The van der Waals surface area contributed by atoms with Gasteiger partial charge in [0.2, 0.25) is 6.79 Å². The molecule has 7 heteroatoms. The third-order valence-electron chi connectivity index (χ3n) is 4.44. The van der Waals surface area contributed by atoms with E-state index in [1.165, 1.54) is 0 Å². The second kappa shape index (κ2) is 7.61. The Morgan fingerprint density at radius 3 is 3.00 bits per heavy atom. The summed E-state index contributed by atoms with van der Waals surface area (Å²) < 4.78 is 16.2. The van der Waals surface area contributed by atoms with E-state index < -0.39 is 0 Å². The van der Waals surface area contributed by atoms with E-state index in [9.17, 15) is 4.79 Å². The highest BCUT2D eigenvalue weighted by molar-refractivity contribution is 5.93. The second-order valence-corrected chi connectivity index (χ2v) is 6.32. The number of benzene rings is 1. The molecule has 2 aromatic rings. The molecule has 136 valence electrons. The molecule has 3 heterocycles. The van der Waals surface area contributed by atoms with Crippen molar-refractivity contribution >= 4 is 11.6 Å². The van der Waals surface area contributed by atoms with E-state index in [4.69, 9.17) is 14.2 Å². The zero-order valence-electron chi connectivity index (χ0n) is 14.4. The first-order valence-corrected chi connectivity index (χ1v) is 8.76. The number of nitrogens with zero attached hydrogens (tertiary/aromatic N) is 1. The van der Waals surface area contributed by atoms with Gasteiger partial charge in [0.25, 0.3) is 5.91 Å². The van der Waals surface area contributed by atoms with Gasteiger partial charge < -0.3 is 24.8 Å². The molecule has 2 N–H and O–H groups in total. The van der Waals surface area contributed by atoms with Crippen LogP contribution >= 0.6 is 0 Å². The zero-order chi connectivity index (χ0) is 17.8. The first-order chi connectivity index (χ1) is 12.8. The van der Waals surface area contributed by atoms with Gasteiger partial charge in [-0.25, -0.2) is 0 Å². The maximum atomic E-state index is 12.3. The maximum Gasteiger partial charge on any atom is 0.270 e. The summed E-state index contributed by atoms with van der Waals surface area (Å²) in [4.78, 5) is 16.4. The van der Waals surface area contributed by atoms with Crippen molar-refractivity contribution in [3.63, 3.8) is 0 Å². The lowest BCUT2D eigenvalue weighted by Gasteiger charge is -2.11. The number of hydrogen-bond acceptors (Lipinski definition) is 6. The normalized spacial score (nSPS) is 17.9. The van der Waals surface area contributed by atoms with E-state index in [0.29, 0.717) is 18.8 Å². The highest BCUT2D eigenvalue weighted by Crippen LogP contribution is 2.32. The summed E-state index contributed by atoms with van der Waals surface area (Å²) >= 11 is 0. The molecule has 1 fully saturated rings. The van der Waals surface area contributed by atoms with Gasteiger partial charge in [-0.3, -0.25) is 9.78 Å². The van der Waals surface area contributed by atoms with Gasteiger partial charge >= 0.3 is 0 Å². The van der Waals surface area contributed by atoms with Crippen LogP contribution in [0.25, 0.3) is 0 Å². The number of rotatable bonds is 6. The van der Waals surface area contributed by atoms with E-state index in [-0.39, 0.29) is 18.8 Å².